The lowest BCUT2D eigenvalue weighted by atomic mass is 9.92. The van der Waals surface area contributed by atoms with Gasteiger partial charge >= 0.3 is 0 Å². The van der Waals surface area contributed by atoms with Crippen molar-refractivity contribution >= 4 is 0 Å². The summed E-state index contributed by atoms with van der Waals surface area (Å²) in [5.74, 6) is 0.561. The lowest BCUT2D eigenvalue weighted by Crippen LogP contribution is -2.33. The largest absolute Gasteiger partial charge is 0.297 e. The van der Waals surface area contributed by atoms with E-state index in [1.807, 2.05) is 48.2 Å². The molecule has 0 N–H and O–H groups in total. The predicted octanol–water partition coefficient (Wildman–Crippen LogP) is 2.60. The van der Waals surface area contributed by atoms with Gasteiger partial charge in [-0.2, -0.15) is 10.2 Å². The molecule has 1 fully saturated rings. The average molecular weight is 336 g/mol. The van der Waals surface area contributed by atoms with Gasteiger partial charge in [-0.15, -0.1) is 0 Å². The van der Waals surface area contributed by atoms with Crippen LogP contribution in [0.2, 0.25) is 0 Å². The summed E-state index contributed by atoms with van der Waals surface area (Å²) < 4.78 is 3.78. The molecule has 3 aromatic rings. The van der Waals surface area contributed by atoms with E-state index in [0.717, 1.165) is 43.6 Å². The minimum Gasteiger partial charge on any atom is -0.297 e. The van der Waals surface area contributed by atoms with Gasteiger partial charge in [0.1, 0.15) is 0 Å². The second-order valence-corrected chi connectivity index (χ2v) is 6.87. The molecule has 0 amide bonds. The molecule has 130 valence electrons. The highest BCUT2D eigenvalue weighted by Crippen LogP contribution is 2.28. The van der Waals surface area contributed by atoms with Crippen LogP contribution in [0.3, 0.4) is 0 Å². The monoisotopic (exact) mass is 336 g/mol. The van der Waals surface area contributed by atoms with Crippen LogP contribution in [-0.2, 0) is 20.6 Å². The summed E-state index contributed by atoms with van der Waals surface area (Å²) in [6, 6.07) is 6.45. The van der Waals surface area contributed by atoms with Crippen LogP contribution in [0.4, 0.5) is 0 Å². The fraction of sp³-hybridized carbons (Fsp3) is 0.421. The van der Waals surface area contributed by atoms with Gasteiger partial charge in [-0.25, -0.2) is 0 Å². The molecule has 1 saturated heterocycles. The summed E-state index contributed by atoms with van der Waals surface area (Å²) >= 11 is 0. The zero-order valence-electron chi connectivity index (χ0n) is 14.8. The number of hydrogen-bond donors (Lipinski definition) is 0. The highest BCUT2D eigenvalue weighted by molar-refractivity contribution is 5.60. The molecular weight excluding hydrogens is 312 g/mol. The van der Waals surface area contributed by atoms with Crippen molar-refractivity contribution in [3.8, 4) is 11.1 Å². The molecule has 0 bridgehead atoms. The van der Waals surface area contributed by atoms with Crippen LogP contribution in [0.1, 0.15) is 30.1 Å². The number of rotatable bonds is 4. The molecular formula is C19H24N6. The second kappa shape index (κ2) is 6.80. The summed E-state index contributed by atoms with van der Waals surface area (Å²) in [4.78, 5) is 7.24. The van der Waals surface area contributed by atoms with Crippen molar-refractivity contribution < 1.29 is 0 Å². The van der Waals surface area contributed by atoms with Crippen molar-refractivity contribution in [2.75, 3.05) is 13.1 Å². The molecule has 0 spiro atoms. The van der Waals surface area contributed by atoms with Gasteiger partial charge in [-0.3, -0.25) is 19.2 Å². The summed E-state index contributed by atoms with van der Waals surface area (Å²) in [6.45, 7) is 3.21. The third-order valence-electron chi connectivity index (χ3n) is 5.14. The Morgan fingerprint density at radius 2 is 1.84 bits per heavy atom. The van der Waals surface area contributed by atoms with Crippen LogP contribution in [0.15, 0.2) is 43.0 Å². The Morgan fingerprint density at radius 3 is 2.44 bits per heavy atom. The number of likely N-dealkylation sites (tertiary alicyclic amines) is 1. The van der Waals surface area contributed by atoms with Crippen molar-refractivity contribution in [2.24, 2.45) is 14.1 Å². The van der Waals surface area contributed by atoms with E-state index in [1.54, 1.807) is 0 Å². The maximum atomic E-state index is 4.73. The van der Waals surface area contributed by atoms with Crippen molar-refractivity contribution in [2.45, 2.75) is 25.3 Å². The van der Waals surface area contributed by atoms with E-state index in [9.17, 15) is 0 Å². The van der Waals surface area contributed by atoms with Gasteiger partial charge in [0, 0.05) is 62.0 Å². The Morgan fingerprint density at radius 1 is 1.00 bits per heavy atom. The van der Waals surface area contributed by atoms with Crippen LogP contribution in [0, 0.1) is 0 Å². The van der Waals surface area contributed by atoms with E-state index in [1.165, 1.54) is 11.4 Å². The van der Waals surface area contributed by atoms with Crippen LogP contribution >= 0.6 is 0 Å². The Balaban J connectivity index is 1.37. The van der Waals surface area contributed by atoms with E-state index in [0.29, 0.717) is 5.92 Å². The number of pyridine rings is 1. The smallest absolute Gasteiger partial charge is 0.0568 e. The molecule has 0 unspecified atom stereocenters. The van der Waals surface area contributed by atoms with Crippen LogP contribution < -0.4 is 0 Å². The highest BCUT2D eigenvalue weighted by Gasteiger charge is 2.22. The van der Waals surface area contributed by atoms with Gasteiger partial charge in [-0.1, -0.05) is 6.07 Å². The highest BCUT2D eigenvalue weighted by atomic mass is 15.3. The minimum absolute atomic E-state index is 0.561. The molecule has 0 aromatic carbocycles. The van der Waals surface area contributed by atoms with E-state index < -0.39 is 0 Å². The molecule has 0 atom stereocenters. The SMILES string of the molecule is Cn1cc(-c2ccc(C3CCN(Cc4ccnn4C)CC3)nc2)cn1. The van der Waals surface area contributed by atoms with Gasteiger partial charge in [0.05, 0.1) is 11.9 Å². The first-order valence-corrected chi connectivity index (χ1v) is 8.83. The molecule has 6 heteroatoms. The molecule has 1 aliphatic heterocycles. The van der Waals surface area contributed by atoms with E-state index in [-0.39, 0.29) is 0 Å². The number of aryl methyl sites for hydroxylation is 2. The van der Waals surface area contributed by atoms with Gasteiger partial charge in [0.15, 0.2) is 0 Å². The average Bonchev–Trinajstić information content (AvgIpc) is 3.25. The molecule has 4 rings (SSSR count). The van der Waals surface area contributed by atoms with E-state index in [4.69, 9.17) is 4.98 Å². The number of aromatic nitrogens is 5. The molecule has 3 aromatic heterocycles. The Bertz CT molecular complexity index is 824. The first-order valence-electron chi connectivity index (χ1n) is 8.83. The van der Waals surface area contributed by atoms with Crippen LogP contribution in [0.5, 0.6) is 0 Å². The number of nitrogens with zero attached hydrogens (tertiary/aromatic N) is 6. The van der Waals surface area contributed by atoms with E-state index >= 15 is 0 Å². The molecule has 0 saturated carbocycles. The zero-order chi connectivity index (χ0) is 17.2. The fourth-order valence-electron chi connectivity index (χ4n) is 3.56. The molecule has 0 aliphatic carbocycles. The maximum absolute atomic E-state index is 4.73. The fourth-order valence-corrected chi connectivity index (χ4v) is 3.56. The molecule has 25 heavy (non-hydrogen) atoms. The van der Waals surface area contributed by atoms with Gasteiger partial charge in [0.25, 0.3) is 0 Å². The van der Waals surface area contributed by atoms with Gasteiger partial charge in [-0.05, 0) is 38.1 Å². The van der Waals surface area contributed by atoms with Crippen LogP contribution in [0.25, 0.3) is 11.1 Å². The van der Waals surface area contributed by atoms with Crippen molar-refractivity contribution in [3.63, 3.8) is 0 Å². The summed E-state index contributed by atoms with van der Waals surface area (Å²) in [5, 5.41) is 8.48. The van der Waals surface area contributed by atoms with E-state index in [2.05, 4.69) is 33.3 Å². The van der Waals surface area contributed by atoms with Crippen molar-refractivity contribution in [1.29, 1.82) is 0 Å². The number of piperidine rings is 1. The molecule has 0 radical (unpaired) electrons. The Kier molecular flexibility index (Phi) is 4.36. The Labute approximate surface area is 148 Å². The Hall–Kier alpha value is -2.47. The summed E-state index contributed by atoms with van der Waals surface area (Å²) in [6.07, 6.45) is 10.1. The maximum Gasteiger partial charge on any atom is 0.0568 e. The van der Waals surface area contributed by atoms with Crippen molar-refractivity contribution in [1.82, 2.24) is 29.4 Å². The first kappa shape index (κ1) is 16.0. The predicted molar refractivity (Wildman–Crippen MR) is 96.9 cm³/mol. The van der Waals surface area contributed by atoms with Gasteiger partial charge in [0.2, 0.25) is 0 Å². The third-order valence-corrected chi connectivity index (χ3v) is 5.14. The minimum atomic E-state index is 0.561. The lowest BCUT2D eigenvalue weighted by Gasteiger charge is -2.31. The standard InChI is InChI=1S/C19H24N6/c1-23-13-17(12-22-23)16-3-4-19(20-11-16)15-6-9-25(10-7-15)14-18-5-8-21-24(18)2/h3-5,8,11-13,15H,6-7,9-10,14H2,1-2H3. The van der Waals surface area contributed by atoms with Crippen molar-refractivity contribution in [3.05, 3.63) is 54.4 Å². The third kappa shape index (κ3) is 3.49. The molecule has 1 aliphatic rings. The molecule has 4 heterocycles. The lowest BCUT2D eigenvalue weighted by molar-refractivity contribution is 0.199. The zero-order valence-corrected chi connectivity index (χ0v) is 14.8. The summed E-state index contributed by atoms with van der Waals surface area (Å²) in [5.41, 5.74) is 4.74. The normalized spacial score (nSPS) is 16.4. The molecule has 6 nitrogen and oxygen atoms in total. The first-order chi connectivity index (χ1) is 12.2. The number of hydrogen-bond acceptors (Lipinski definition) is 4. The summed E-state index contributed by atoms with van der Waals surface area (Å²) in [7, 11) is 3.94. The second-order valence-electron chi connectivity index (χ2n) is 6.87. The topological polar surface area (TPSA) is 51.8 Å². The van der Waals surface area contributed by atoms with Gasteiger partial charge < -0.3 is 0 Å². The van der Waals surface area contributed by atoms with Crippen LogP contribution in [-0.4, -0.2) is 42.5 Å². The quantitative estimate of drug-likeness (QED) is 0.735.